The van der Waals surface area contributed by atoms with Gasteiger partial charge in [-0.15, -0.1) is 0 Å². The van der Waals surface area contributed by atoms with Gasteiger partial charge in [0.2, 0.25) is 0 Å². The number of benzene rings is 2. The SMILES string of the molecule is CC(C)(C)c1ccc(C(=O)Nc2ccc3c4c(c(=O)[nH]c3c2)CCC4)cc1. The number of hydrogen-bond donors (Lipinski definition) is 2. The number of pyridine rings is 1. The Kier molecular flexibility index (Phi) is 4.14. The predicted molar refractivity (Wildman–Crippen MR) is 110 cm³/mol. The highest BCUT2D eigenvalue weighted by molar-refractivity contribution is 6.05. The van der Waals surface area contributed by atoms with Gasteiger partial charge in [0, 0.05) is 22.2 Å². The highest BCUT2D eigenvalue weighted by Gasteiger charge is 2.18. The van der Waals surface area contributed by atoms with Crippen LogP contribution in [0.25, 0.3) is 10.9 Å². The van der Waals surface area contributed by atoms with Gasteiger partial charge in [-0.3, -0.25) is 9.59 Å². The first-order chi connectivity index (χ1) is 12.8. The van der Waals surface area contributed by atoms with Crippen LogP contribution in [0.3, 0.4) is 0 Å². The molecular formula is C23H24N2O2. The molecule has 1 aliphatic rings. The van der Waals surface area contributed by atoms with E-state index in [2.05, 4.69) is 31.1 Å². The number of carbonyl (C=O) groups excluding carboxylic acids is 1. The van der Waals surface area contributed by atoms with Crippen molar-refractivity contribution in [3.8, 4) is 0 Å². The smallest absolute Gasteiger partial charge is 0.255 e. The van der Waals surface area contributed by atoms with Gasteiger partial charge in [-0.2, -0.15) is 0 Å². The van der Waals surface area contributed by atoms with E-state index in [0.29, 0.717) is 11.3 Å². The van der Waals surface area contributed by atoms with Crippen LogP contribution in [-0.4, -0.2) is 10.9 Å². The molecule has 27 heavy (non-hydrogen) atoms. The van der Waals surface area contributed by atoms with Crippen molar-refractivity contribution >= 4 is 22.5 Å². The van der Waals surface area contributed by atoms with Crippen LogP contribution in [0, 0.1) is 0 Å². The zero-order valence-corrected chi connectivity index (χ0v) is 16.0. The average Bonchev–Trinajstić information content (AvgIpc) is 3.11. The van der Waals surface area contributed by atoms with Gasteiger partial charge in [-0.05, 0) is 60.1 Å². The summed E-state index contributed by atoms with van der Waals surface area (Å²) >= 11 is 0. The van der Waals surface area contributed by atoms with Crippen molar-refractivity contribution in [2.45, 2.75) is 45.4 Å². The van der Waals surface area contributed by atoms with Crippen LogP contribution in [0.1, 0.15) is 54.2 Å². The number of H-pyrrole nitrogens is 1. The number of aromatic amines is 1. The molecule has 138 valence electrons. The highest BCUT2D eigenvalue weighted by atomic mass is 16.1. The Labute approximate surface area is 158 Å². The maximum Gasteiger partial charge on any atom is 0.255 e. The van der Waals surface area contributed by atoms with E-state index in [1.54, 1.807) is 0 Å². The standard InChI is InChI=1S/C23H24N2O2/c1-23(2,3)15-9-7-14(8-10-15)21(26)24-16-11-12-18-17-5-4-6-19(17)22(27)25-20(18)13-16/h7-13H,4-6H2,1-3H3,(H,24,26)(H,25,27). The zero-order chi connectivity index (χ0) is 19.2. The van der Waals surface area contributed by atoms with Gasteiger partial charge in [0.1, 0.15) is 0 Å². The Balaban J connectivity index is 1.61. The fourth-order valence-electron chi connectivity index (χ4n) is 3.80. The number of anilines is 1. The quantitative estimate of drug-likeness (QED) is 0.703. The van der Waals surface area contributed by atoms with Gasteiger partial charge >= 0.3 is 0 Å². The van der Waals surface area contributed by atoms with E-state index >= 15 is 0 Å². The first kappa shape index (κ1) is 17.5. The Bertz CT molecular complexity index is 1090. The van der Waals surface area contributed by atoms with Crippen LogP contribution in [0.5, 0.6) is 0 Å². The zero-order valence-electron chi connectivity index (χ0n) is 16.0. The Morgan fingerprint density at radius 3 is 2.41 bits per heavy atom. The molecule has 3 aromatic rings. The molecule has 0 spiro atoms. The van der Waals surface area contributed by atoms with Crippen LogP contribution >= 0.6 is 0 Å². The average molecular weight is 360 g/mol. The predicted octanol–water partition coefficient (Wildman–Crippen LogP) is 4.57. The molecule has 0 fully saturated rings. The second kappa shape index (κ2) is 6.38. The molecule has 2 aromatic carbocycles. The van der Waals surface area contributed by atoms with E-state index in [1.165, 1.54) is 5.56 Å². The van der Waals surface area contributed by atoms with E-state index < -0.39 is 0 Å². The second-order valence-corrected chi connectivity index (χ2v) is 8.31. The van der Waals surface area contributed by atoms with Crippen LogP contribution in [0.2, 0.25) is 0 Å². The number of aryl methyl sites for hydroxylation is 1. The van der Waals surface area contributed by atoms with Gasteiger partial charge in [0.25, 0.3) is 11.5 Å². The molecule has 4 rings (SSSR count). The molecule has 4 nitrogen and oxygen atoms in total. The third-order valence-corrected chi connectivity index (χ3v) is 5.36. The fraction of sp³-hybridized carbons (Fsp3) is 0.304. The maximum atomic E-state index is 12.6. The van der Waals surface area contributed by atoms with Gasteiger partial charge in [-0.1, -0.05) is 39.0 Å². The summed E-state index contributed by atoms with van der Waals surface area (Å²) in [6.07, 6.45) is 2.83. The maximum absolute atomic E-state index is 12.6. The summed E-state index contributed by atoms with van der Waals surface area (Å²) in [7, 11) is 0. The summed E-state index contributed by atoms with van der Waals surface area (Å²) in [5, 5.41) is 4.01. The second-order valence-electron chi connectivity index (χ2n) is 8.31. The van der Waals surface area contributed by atoms with Gasteiger partial charge in [0.05, 0.1) is 5.52 Å². The minimum atomic E-state index is -0.154. The largest absolute Gasteiger partial charge is 0.322 e. The number of amides is 1. The van der Waals surface area contributed by atoms with Crippen molar-refractivity contribution in [1.29, 1.82) is 0 Å². The molecule has 0 unspecified atom stereocenters. The molecule has 0 saturated heterocycles. The molecule has 1 aromatic heterocycles. The number of fused-ring (bicyclic) bond motifs is 3. The van der Waals surface area contributed by atoms with Crippen molar-refractivity contribution in [2.24, 2.45) is 0 Å². The lowest BCUT2D eigenvalue weighted by Crippen LogP contribution is -2.15. The van der Waals surface area contributed by atoms with E-state index in [-0.39, 0.29) is 16.9 Å². The Morgan fingerprint density at radius 2 is 1.70 bits per heavy atom. The summed E-state index contributed by atoms with van der Waals surface area (Å²) < 4.78 is 0. The molecule has 0 atom stereocenters. The minimum Gasteiger partial charge on any atom is -0.322 e. The summed E-state index contributed by atoms with van der Waals surface area (Å²) in [6.45, 7) is 6.44. The van der Waals surface area contributed by atoms with Crippen molar-refractivity contribution < 1.29 is 4.79 Å². The van der Waals surface area contributed by atoms with E-state index in [0.717, 1.165) is 41.3 Å². The van der Waals surface area contributed by atoms with Gasteiger partial charge in [-0.25, -0.2) is 0 Å². The monoisotopic (exact) mass is 360 g/mol. The van der Waals surface area contributed by atoms with E-state index in [9.17, 15) is 9.59 Å². The summed E-state index contributed by atoms with van der Waals surface area (Å²) in [6, 6.07) is 13.4. The lowest BCUT2D eigenvalue weighted by Gasteiger charge is -2.19. The minimum absolute atomic E-state index is 0.00348. The normalized spacial score (nSPS) is 13.6. The molecule has 1 amide bonds. The van der Waals surface area contributed by atoms with Crippen LogP contribution in [0.15, 0.2) is 47.3 Å². The molecule has 0 bridgehead atoms. The third kappa shape index (κ3) is 3.27. The summed E-state index contributed by atoms with van der Waals surface area (Å²) in [4.78, 5) is 27.8. The number of hydrogen-bond acceptors (Lipinski definition) is 2. The molecule has 1 aliphatic carbocycles. The number of aromatic nitrogens is 1. The van der Waals surface area contributed by atoms with Crippen molar-refractivity contribution in [3.63, 3.8) is 0 Å². The van der Waals surface area contributed by atoms with Crippen LogP contribution in [-0.2, 0) is 18.3 Å². The summed E-state index contributed by atoms with van der Waals surface area (Å²) in [5.74, 6) is -0.154. The topological polar surface area (TPSA) is 62.0 Å². The first-order valence-electron chi connectivity index (χ1n) is 9.42. The summed E-state index contributed by atoms with van der Waals surface area (Å²) in [5.41, 5.74) is 5.39. The van der Waals surface area contributed by atoms with Gasteiger partial charge in [0.15, 0.2) is 0 Å². The molecule has 0 saturated carbocycles. The van der Waals surface area contributed by atoms with Crippen LogP contribution in [0.4, 0.5) is 5.69 Å². The Morgan fingerprint density at radius 1 is 1.00 bits per heavy atom. The lowest BCUT2D eigenvalue weighted by atomic mass is 9.87. The van der Waals surface area contributed by atoms with Crippen LogP contribution < -0.4 is 10.9 Å². The molecule has 4 heteroatoms. The van der Waals surface area contributed by atoms with Crippen molar-refractivity contribution in [1.82, 2.24) is 4.98 Å². The molecule has 1 heterocycles. The highest BCUT2D eigenvalue weighted by Crippen LogP contribution is 2.28. The van der Waals surface area contributed by atoms with Gasteiger partial charge < -0.3 is 10.3 Å². The molecule has 2 N–H and O–H groups in total. The molecule has 0 aliphatic heterocycles. The molecule has 0 radical (unpaired) electrons. The third-order valence-electron chi connectivity index (χ3n) is 5.36. The van der Waals surface area contributed by atoms with E-state index in [4.69, 9.17) is 0 Å². The van der Waals surface area contributed by atoms with Crippen molar-refractivity contribution in [2.75, 3.05) is 5.32 Å². The number of rotatable bonds is 2. The Hall–Kier alpha value is -2.88. The lowest BCUT2D eigenvalue weighted by molar-refractivity contribution is 0.102. The van der Waals surface area contributed by atoms with E-state index in [1.807, 2.05) is 42.5 Å². The number of nitrogens with one attached hydrogen (secondary N) is 2. The van der Waals surface area contributed by atoms with Crippen molar-refractivity contribution in [3.05, 3.63) is 75.1 Å². The number of carbonyl (C=O) groups is 1. The fourth-order valence-corrected chi connectivity index (χ4v) is 3.80. The molecular weight excluding hydrogens is 336 g/mol. The first-order valence-corrected chi connectivity index (χ1v) is 9.42.